The number of aromatic nitrogens is 2. The molecule has 0 spiro atoms. The van der Waals surface area contributed by atoms with E-state index in [-0.39, 0.29) is 0 Å². The minimum Gasteiger partial charge on any atom is -0.480 e. The Morgan fingerprint density at radius 3 is 2.70 bits per heavy atom. The molecule has 7 nitrogen and oxygen atoms in total. The number of para-hydroxylation sites is 2. The maximum atomic E-state index is 11.6. The van der Waals surface area contributed by atoms with Gasteiger partial charge >= 0.3 is 5.97 Å². The Labute approximate surface area is 133 Å². The molecule has 0 unspecified atom stereocenters. The van der Waals surface area contributed by atoms with Crippen molar-refractivity contribution in [1.82, 2.24) is 15.3 Å². The lowest BCUT2D eigenvalue weighted by Crippen LogP contribution is -2.55. The van der Waals surface area contributed by atoms with E-state index < -0.39 is 12.0 Å². The van der Waals surface area contributed by atoms with E-state index in [0.29, 0.717) is 30.8 Å². The molecule has 1 aliphatic carbocycles. The molecule has 23 heavy (non-hydrogen) atoms. The molecule has 0 radical (unpaired) electrons. The summed E-state index contributed by atoms with van der Waals surface area (Å²) in [4.78, 5) is 22.9. The van der Waals surface area contributed by atoms with Gasteiger partial charge in [-0.25, -0.2) is 14.8 Å². The van der Waals surface area contributed by atoms with Gasteiger partial charge < -0.3 is 20.6 Å². The van der Waals surface area contributed by atoms with Gasteiger partial charge in [0.15, 0.2) is 11.6 Å². The number of benzene rings is 1. The van der Waals surface area contributed by atoms with Crippen molar-refractivity contribution in [1.29, 1.82) is 0 Å². The Bertz CT molecular complexity index is 746. The van der Waals surface area contributed by atoms with Gasteiger partial charge in [0, 0.05) is 25.7 Å². The van der Waals surface area contributed by atoms with Crippen LogP contribution in [0.2, 0.25) is 0 Å². The highest BCUT2D eigenvalue weighted by Crippen LogP contribution is 2.31. The molecule has 1 aromatic heterocycles. The molecule has 2 aromatic rings. The Hall–Kier alpha value is -2.41. The summed E-state index contributed by atoms with van der Waals surface area (Å²) < 4.78 is 0. The summed E-state index contributed by atoms with van der Waals surface area (Å²) in [6.45, 7) is 1.75. The summed E-state index contributed by atoms with van der Waals surface area (Å²) in [6, 6.07) is 7.49. The Balaban J connectivity index is 1.80. The van der Waals surface area contributed by atoms with Crippen LogP contribution in [0.1, 0.15) is 12.8 Å². The predicted molar refractivity (Wildman–Crippen MR) is 87.8 cm³/mol. The van der Waals surface area contributed by atoms with Crippen LogP contribution in [0.5, 0.6) is 0 Å². The number of fused-ring (bicyclic) bond motifs is 1. The van der Waals surface area contributed by atoms with Crippen molar-refractivity contribution in [3.05, 3.63) is 24.3 Å². The summed E-state index contributed by atoms with van der Waals surface area (Å²) in [5, 5.41) is 16.1. The van der Waals surface area contributed by atoms with Gasteiger partial charge in [-0.1, -0.05) is 12.1 Å². The number of nitrogens with one attached hydrogen (secondary N) is 2. The zero-order valence-corrected chi connectivity index (χ0v) is 12.7. The number of nitrogens with zero attached hydrogens (tertiary/aromatic N) is 3. The standard InChI is InChI=1S/C16H19N5O2/c22-16(23)13-9-17-7-8-21(13)15-14(18-10-5-6-10)19-11-3-1-2-4-12(11)20-15/h1-4,10,13,17H,5-9H2,(H,18,19)(H,22,23)/t13-/m0/s1. The Kier molecular flexibility index (Phi) is 3.49. The topological polar surface area (TPSA) is 90.4 Å². The molecule has 1 saturated carbocycles. The fourth-order valence-corrected chi connectivity index (χ4v) is 2.89. The first-order valence-electron chi connectivity index (χ1n) is 7.96. The van der Waals surface area contributed by atoms with Crippen molar-refractivity contribution >= 4 is 28.6 Å². The van der Waals surface area contributed by atoms with Gasteiger partial charge in [0.25, 0.3) is 0 Å². The molecule has 1 atom stereocenters. The highest BCUT2D eigenvalue weighted by atomic mass is 16.4. The van der Waals surface area contributed by atoms with Gasteiger partial charge in [0.2, 0.25) is 0 Å². The quantitative estimate of drug-likeness (QED) is 0.777. The maximum absolute atomic E-state index is 11.6. The van der Waals surface area contributed by atoms with Crippen LogP contribution in [-0.2, 0) is 4.79 Å². The van der Waals surface area contributed by atoms with Gasteiger partial charge in [-0.15, -0.1) is 0 Å². The van der Waals surface area contributed by atoms with Crippen LogP contribution in [0.15, 0.2) is 24.3 Å². The summed E-state index contributed by atoms with van der Waals surface area (Å²) in [5.41, 5.74) is 1.60. The second-order valence-corrected chi connectivity index (χ2v) is 6.05. The SMILES string of the molecule is O=C(O)[C@@H]1CNCCN1c1nc2ccccc2nc1NC1CC1. The molecule has 7 heteroatoms. The highest BCUT2D eigenvalue weighted by molar-refractivity contribution is 5.84. The van der Waals surface area contributed by atoms with Crippen molar-refractivity contribution < 1.29 is 9.90 Å². The van der Waals surface area contributed by atoms with E-state index in [0.717, 1.165) is 30.4 Å². The second kappa shape index (κ2) is 5.66. The van der Waals surface area contributed by atoms with Crippen LogP contribution in [0.3, 0.4) is 0 Å². The zero-order valence-electron chi connectivity index (χ0n) is 12.7. The molecule has 2 heterocycles. The second-order valence-electron chi connectivity index (χ2n) is 6.05. The first kappa shape index (κ1) is 14.2. The molecule has 4 rings (SSSR count). The summed E-state index contributed by atoms with van der Waals surface area (Å²) in [6.07, 6.45) is 2.25. The first-order chi connectivity index (χ1) is 11.2. The van der Waals surface area contributed by atoms with Crippen molar-refractivity contribution in [2.24, 2.45) is 0 Å². The average molecular weight is 313 g/mol. The number of hydrogen-bond acceptors (Lipinski definition) is 6. The lowest BCUT2D eigenvalue weighted by Gasteiger charge is -2.35. The van der Waals surface area contributed by atoms with E-state index >= 15 is 0 Å². The molecule has 2 aliphatic rings. The number of carbonyl (C=O) groups is 1. The van der Waals surface area contributed by atoms with Crippen molar-refractivity contribution in [2.45, 2.75) is 24.9 Å². The molecule has 2 fully saturated rings. The smallest absolute Gasteiger partial charge is 0.327 e. The van der Waals surface area contributed by atoms with Gasteiger partial charge in [0.1, 0.15) is 6.04 Å². The Morgan fingerprint density at radius 2 is 2.00 bits per heavy atom. The first-order valence-corrected chi connectivity index (χ1v) is 7.96. The lowest BCUT2D eigenvalue weighted by molar-refractivity contribution is -0.138. The number of carboxylic acids is 1. The van der Waals surface area contributed by atoms with Gasteiger partial charge in [0.05, 0.1) is 11.0 Å². The van der Waals surface area contributed by atoms with E-state index in [4.69, 9.17) is 9.97 Å². The van der Waals surface area contributed by atoms with Crippen LogP contribution >= 0.6 is 0 Å². The largest absolute Gasteiger partial charge is 0.480 e. The predicted octanol–water partition coefficient (Wildman–Crippen LogP) is 1.07. The van der Waals surface area contributed by atoms with Crippen LogP contribution in [0, 0.1) is 0 Å². The summed E-state index contributed by atoms with van der Waals surface area (Å²) in [5.74, 6) is 0.494. The van der Waals surface area contributed by atoms with Crippen molar-refractivity contribution in [3.63, 3.8) is 0 Å². The van der Waals surface area contributed by atoms with Crippen LogP contribution in [0.4, 0.5) is 11.6 Å². The third kappa shape index (κ3) is 2.79. The lowest BCUT2D eigenvalue weighted by atomic mass is 10.2. The molecule has 1 aromatic carbocycles. The third-order valence-corrected chi connectivity index (χ3v) is 4.27. The number of carboxylic acid groups (broad SMARTS) is 1. The van der Waals surface area contributed by atoms with E-state index in [9.17, 15) is 9.90 Å². The maximum Gasteiger partial charge on any atom is 0.327 e. The van der Waals surface area contributed by atoms with Gasteiger partial charge in [-0.2, -0.15) is 0 Å². The molecule has 1 aliphatic heterocycles. The number of aliphatic carboxylic acids is 1. The number of anilines is 2. The normalized spacial score (nSPS) is 21.4. The Morgan fingerprint density at radius 1 is 1.26 bits per heavy atom. The van der Waals surface area contributed by atoms with Crippen molar-refractivity contribution in [2.75, 3.05) is 29.9 Å². The molecule has 0 amide bonds. The zero-order chi connectivity index (χ0) is 15.8. The average Bonchev–Trinajstić information content (AvgIpc) is 3.38. The molecular formula is C16H19N5O2. The van der Waals surface area contributed by atoms with Crippen LogP contribution < -0.4 is 15.5 Å². The summed E-state index contributed by atoms with van der Waals surface area (Å²) >= 11 is 0. The minimum absolute atomic E-state index is 0.409. The third-order valence-electron chi connectivity index (χ3n) is 4.27. The van der Waals surface area contributed by atoms with Crippen LogP contribution in [0.25, 0.3) is 11.0 Å². The molecule has 3 N–H and O–H groups in total. The minimum atomic E-state index is -0.843. The van der Waals surface area contributed by atoms with E-state index in [1.807, 2.05) is 29.2 Å². The van der Waals surface area contributed by atoms with Gasteiger partial charge in [-0.05, 0) is 25.0 Å². The number of hydrogen-bond donors (Lipinski definition) is 3. The monoisotopic (exact) mass is 313 g/mol. The van der Waals surface area contributed by atoms with E-state index in [1.54, 1.807) is 0 Å². The number of piperazine rings is 1. The molecular weight excluding hydrogens is 294 g/mol. The van der Waals surface area contributed by atoms with Crippen molar-refractivity contribution in [3.8, 4) is 0 Å². The fourth-order valence-electron chi connectivity index (χ4n) is 2.89. The summed E-state index contributed by atoms with van der Waals surface area (Å²) in [7, 11) is 0. The molecule has 1 saturated heterocycles. The molecule has 120 valence electrons. The molecule has 0 bridgehead atoms. The fraction of sp³-hybridized carbons (Fsp3) is 0.438. The highest BCUT2D eigenvalue weighted by Gasteiger charge is 2.33. The van der Waals surface area contributed by atoms with Crippen LogP contribution in [-0.4, -0.2) is 52.8 Å². The van der Waals surface area contributed by atoms with E-state index in [1.165, 1.54) is 0 Å². The van der Waals surface area contributed by atoms with E-state index in [2.05, 4.69) is 10.6 Å². The van der Waals surface area contributed by atoms with Gasteiger partial charge in [-0.3, -0.25) is 0 Å². The number of rotatable bonds is 4.